The molecule has 3 rings (SSSR count). The Hall–Kier alpha value is -2.62. The van der Waals surface area contributed by atoms with E-state index >= 15 is 0 Å². The van der Waals surface area contributed by atoms with E-state index in [0.717, 1.165) is 19.3 Å². The van der Waals surface area contributed by atoms with E-state index in [1.54, 1.807) is 12.1 Å². The van der Waals surface area contributed by atoms with Gasteiger partial charge in [0.2, 0.25) is 5.91 Å². The van der Waals surface area contributed by atoms with Gasteiger partial charge < -0.3 is 10.2 Å². The SMILES string of the molecule is CC(CC(=O)N(C)C1CCCc2ccccc21)NC(=O)c1ccccc1. The van der Waals surface area contributed by atoms with Gasteiger partial charge in [-0.2, -0.15) is 0 Å². The van der Waals surface area contributed by atoms with Crippen LogP contribution in [0.1, 0.15) is 53.7 Å². The quantitative estimate of drug-likeness (QED) is 0.893. The lowest BCUT2D eigenvalue weighted by atomic mass is 9.87. The first-order chi connectivity index (χ1) is 12.6. The predicted octanol–water partition coefficient (Wildman–Crippen LogP) is 3.73. The second-order valence-corrected chi connectivity index (χ2v) is 7.06. The fourth-order valence-electron chi connectivity index (χ4n) is 3.66. The Labute approximate surface area is 155 Å². The summed E-state index contributed by atoms with van der Waals surface area (Å²) < 4.78 is 0. The number of nitrogens with one attached hydrogen (secondary N) is 1. The molecule has 0 aliphatic heterocycles. The summed E-state index contributed by atoms with van der Waals surface area (Å²) in [7, 11) is 1.88. The number of hydrogen-bond donors (Lipinski definition) is 1. The first-order valence-electron chi connectivity index (χ1n) is 9.25. The molecular formula is C22H26N2O2. The molecule has 0 fully saturated rings. The molecular weight excluding hydrogens is 324 g/mol. The van der Waals surface area contributed by atoms with Crippen molar-refractivity contribution in [1.82, 2.24) is 10.2 Å². The standard InChI is InChI=1S/C22H26N2O2/c1-16(23-22(26)18-10-4-3-5-11-18)15-21(25)24(2)20-14-8-12-17-9-6-7-13-19(17)20/h3-7,9-11,13,16,20H,8,12,14-15H2,1-2H3,(H,23,26). The highest BCUT2D eigenvalue weighted by Gasteiger charge is 2.27. The van der Waals surface area contributed by atoms with Gasteiger partial charge in [-0.05, 0) is 49.4 Å². The van der Waals surface area contributed by atoms with Crippen molar-refractivity contribution in [2.75, 3.05) is 7.05 Å². The average molecular weight is 350 g/mol. The van der Waals surface area contributed by atoms with Crippen LogP contribution in [0, 0.1) is 0 Å². The van der Waals surface area contributed by atoms with Gasteiger partial charge in [-0.25, -0.2) is 0 Å². The molecule has 0 heterocycles. The summed E-state index contributed by atoms with van der Waals surface area (Å²) >= 11 is 0. The molecule has 0 saturated carbocycles. The summed E-state index contributed by atoms with van der Waals surface area (Å²) in [6.07, 6.45) is 3.47. The molecule has 4 heteroatoms. The molecule has 2 amide bonds. The van der Waals surface area contributed by atoms with Gasteiger partial charge in [0, 0.05) is 25.1 Å². The third-order valence-corrected chi connectivity index (χ3v) is 5.09. The number of hydrogen-bond acceptors (Lipinski definition) is 2. The minimum atomic E-state index is -0.212. The predicted molar refractivity (Wildman–Crippen MR) is 103 cm³/mol. The Morgan fingerprint density at radius 2 is 1.81 bits per heavy atom. The number of amides is 2. The average Bonchev–Trinajstić information content (AvgIpc) is 2.67. The number of rotatable bonds is 5. The van der Waals surface area contributed by atoms with E-state index in [0.29, 0.717) is 12.0 Å². The van der Waals surface area contributed by atoms with Gasteiger partial charge in [-0.15, -0.1) is 0 Å². The molecule has 0 aromatic heterocycles. The van der Waals surface area contributed by atoms with Gasteiger partial charge in [0.05, 0.1) is 6.04 Å². The summed E-state index contributed by atoms with van der Waals surface area (Å²) in [5, 5.41) is 2.92. The van der Waals surface area contributed by atoms with Gasteiger partial charge in [-0.3, -0.25) is 9.59 Å². The number of aryl methyl sites for hydroxylation is 1. The molecule has 1 N–H and O–H groups in total. The molecule has 4 nitrogen and oxygen atoms in total. The van der Waals surface area contributed by atoms with E-state index in [2.05, 4.69) is 23.5 Å². The van der Waals surface area contributed by atoms with Crippen molar-refractivity contribution in [3.8, 4) is 0 Å². The molecule has 26 heavy (non-hydrogen) atoms. The molecule has 0 saturated heterocycles. The van der Waals surface area contributed by atoms with Crippen LogP contribution in [0.2, 0.25) is 0 Å². The zero-order valence-electron chi connectivity index (χ0n) is 15.4. The number of carbonyl (C=O) groups is 2. The van der Waals surface area contributed by atoms with Gasteiger partial charge in [0.15, 0.2) is 0 Å². The summed E-state index contributed by atoms with van der Waals surface area (Å²) in [6.45, 7) is 1.88. The molecule has 0 spiro atoms. The van der Waals surface area contributed by atoms with Crippen LogP contribution in [-0.2, 0) is 11.2 Å². The zero-order valence-corrected chi connectivity index (χ0v) is 15.4. The number of nitrogens with zero attached hydrogens (tertiary/aromatic N) is 1. The van der Waals surface area contributed by atoms with Crippen LogP contribution in [-0.4, -0.2) is 29.8 Å². The number of fused-ring (bicyclic) bond motifs is 1. The van der Waals surface area contributed by atoms with Crippen LogP contribution >= 0.6 is 0 Å². The van der Waals surface area contributed by atoms with Crippen LogP contribution in [0.5, 0.6) is 0 Å². The maximum atomic E-state index is 12.8. The van der Waals surface area contributed by atoms with Crippen molar-refractivity contribution in [3.63, 3.8) is 0 Å². The summed E-state index contributed by atoms with van der Waals surface area (Å²) in [4.78, 5) is 26.8. The highest BCUT2D eigenvalue weighted by Crippen LogP contribution is 2.33. The van der Waals surface area contributed by atoms with Gasteiger partial charge in [0.1, 0.15) is 0 Å². The molecule has 1 aliphatic rings. The maximum Gasteiger partial charge on any atom is 0.251 e. The molecule has 136 valence electrons. The highest BCUT2D eigenvalue weighted by molar-refractivity contribution is 5.94. The highest BCUT2D eigenvalue weighted by atomic mass is 16.2. The Balaban J connectivity index is 1.60. The number of carbonyl (C=O) groups excluding carboxylic acids is 2. The normalized spacial score (nSPS) is 17.1. The van der Waals surface area contributed by atoms with Gasteiger partial charge >= 0.3 is 0 Å². The van der Waals surface area contributed by atoms with Crippen LogP contribution in [0.4, 0.5) is 0 Å². The van der Waals surface area contributed by atoms with Crippen LogP contribution in [0.15, 0.2) is 54.6 Å². The van der Waals surface area contributed by atoms with E-state index in [1.807, 2.05) is 43.1 Å². The van der Waals surface area contributed by atoms with E-state index in [1.165, 1.54) is 11.1 Å². The molecule has 2 aromatic carbocycles. The first-order valence-corrected chi connectivity index (χ1v) is 9.25. The second kappa shape index (κ2) is 8.17. The first kappa shape index (κ1) is 18.2. The Bertz CT molecular complexity index is 773. The Morgan fingerprint density at radius 1 is 1.12 bits per heavy atom. The van der Waals surface area contributed by atoms with Crippen molar-refractivity contribution in [2.45, 2.75) is 44.7 Å². The van der Waals surface area contributed by atoms with Gasteiger partial charge in [0.25, 0.3) is 5.91 Å². The largest absolute Gasteiger partial charge is 0.349 e. The number of benzene rings is 2. The second-order valence-electron chi connectivity index (χ2n) is 7.06. The summed E-state index contributed by atoms with van der Waals surface area (Å²) in [5.41, 5.74) is 3.21. The third-order valence-electron chi connectivity index (χ3n) is 5.09. The summed E-state index contributed by atoms with van der Waals surface area (Å²) in [5.74, 6) is -0.0795. The molecule has 1 aliphatic carbocycles. The van der Waals surface area contributed by atoms with Crippen molar-refractivity contribution in [1.29, 1.82) is 0 Å². The monoisotopic (exact) mass is 350 g/mol. The molecule has 2 aromatic rings. The molecule has 0 bridgehead atoms. The van der Waals surface area contributed by atoms with Crippen molar-refractivity contribution in [3.05, 3.63) is 71.3 Å². The van der Waals surface area contributed by atoms with Crippen molar-refractivity contribution in [2.24, 2.45) is 0 Å². The van der Waals surface area contributed by atoms with E-state index < -0.39 is 0 Å². The van der Waals surface area contributed by atoms with E-state index in [4.69, 9.17) is 0 Å². The lowest BCUT2D eigenvalue weighted by molar-refractivity contribution is -0.132. The zero-order chi connectivity index (χ0) is 18.5. The third kappa shape index (κ3) is 4.13. The van der Waals surface area contributed by atoms with Crippen LogP contribution in [0.3, 0.4) is 0 Å². The lowest BCUT2D eigenvalue weighted by Crippen LogP contribution is -2.39. The minimum absolute atomic E-state index is 0.0626. The van der Waals surface area contributed by atoms with E-state index in [-0.39, 0.29) is 23.9 Å². The maximum absolute atomic E-state index is 12.8. The fraction of sp³-hybridized carbons (Fsp3) is 0.364. The molecule has 2 atom stereocenters. The van der Waals surface area contributed by atoms with Crippen molar-refractivity contribution >= 4 is 11.8 Å². The topological polar surface area (TPSA) is 49.4 Å². The molecule has 2 unspecified atom stereocenters. The molecule has 0 radical (unpaired) electrons. The van der Waals surface area contributed by atoms with E-state index in [9.17, 15) is 9.59 Å². The van der Waals surface area contributed by atoms with Crippen molar-refractivity contribution < 1.29 is 9.59 Å². The minimum Gasteiger partial charge on any atom is -0.349 e. The Morgan fingerprint density at radius 3 is 2.58 bits per heavy atom. The summed E-state index contributed by atoms with van der Waals surface area (Å²) in [6, 6.07) is 17.4. The smallest absolute Gasteiger partial charge is 0.251 e. The van der Waals surface area contributed by atoms with Crippen LogP contribution in [0.25, 0.3) is 0 Å². The lowest BCUT2D eigenvalue weighted by Gasteiger charge is -2.34. The fourth-order valence-corrected chi connectivity index (χ4v) is 3.66. The van der Waals surface area contributed by atoms with Gasteiger partial charge in [-0.1, -0.05) is 42.5 Å². The van der Waals surface area contributed by atoms with Crippen LogP contribution < -0.4 is 5.32 Å². The Kier molecular flexibility index (Phi) is 5.71.